The Kier molecular flexibility index (Phi) is 5.72. The lowest BCUT2D eigenvalue weighted by Crippen LogP contribution is -2.45. The zero-order chi connectivity index (χ0) is 23.3. The van der Waals surface area contributed by atoms with Gasteiger partial charge in [0.05, 0.1) is 14.9 Å². The fourth-order valence-corrected chi connectivity index (χ4v) is 7.14. The van der Waals surface area contributed by atoms with E-state index in [9.17, 15) is 0 Å². The third kappa shape index (κ3) is 3.59. The van der Waals surface area contributed by atoms with Gasteiger partial charge in [-0.05, 0) is 55.0 Å². The third-order valence-corrected chi connectivity index (χ3v) is 9.36. The Hall–Kier alpha value is -2.25. The van der Waals surface area contributed by atoms with Gasteiger partial charge >= 0.3 is 0 Å². The van der Waals surface area contributed by atoms with E-state index in [1.165, 1.54) is 11.1 Å². The molecule has 1 aliphatic carbocycles. The Balaban J connectivity index is 1.26. The van der Waals surface area contributed by atoms with Gasteiger partial charge in [0.15, 0.2) is 5.65 Å². The Morgan fingerprint density at radius 1 is 1.03 bits per heavy atom. The first-order valence-corrected chi connectivity index (χ1v) is 13.1. The number of hydrogen-bond acceptors (Lipinski definition) is 5. The maximum atomic E-state index is 6.42. The number of hydrogen-bond donors (Lipinski definition) is 1. The van der Waals surface area contributed by atoms with Gasteiger partial charge in [0.25, 0.3) is 0 Å². The molecule has 34 heavy (non-hydrogen) atoms. The topological polar surface area (TPSA) is 45.5 Å². The van der Waals surface area contributed by atoms with E-state index in [1.54, 1.807) is 17.8 Å². The molecule has 2 aliphatic rings. The lowest BCUT2D eigenvalue weighted by atomic mass is 9.73. The number of nitrogens with zero attached hydrogens (tertiary/aromatic N) is 4. The number of benzene rings is 2. The fraction of sp³-hybridized carbons (Fsp3) is 0.308. The van der Waals surface area contributed by atoms with Crippen molar-refractivity contribution < 1.29 is 0 Å². The molecule has 1 atom stereocenters. The molecular formula is C26H25Cl2N5S. The molecule has 2 aromatic carbocycles. The van der Waals surface area contributed by atoms with Crippen molar-refractivity contribution in [2.75, 3.05) is 25.0 Å². The number of anilines is 1. The molecule has 6 rings (SSSR count). The van der Waals surface area contributed by atoms with E-state index in [0.717, 1.165) is 53.7 Å². The molecule has 0 unspecified atom stereocenters. The van der Waals surface area contributed by atoms with Crippen molar-refractivity contribution in [1.29, 1.82) is 0 Å². The van der Waals surface area contributed by atoms with Crippen LogP contribution in [-0.2, 0) is 6.42 Å². The van der Waals surface area contributed by atoms with Crippen LogP contribution in [0.3, 0.4) is 0 Å². The highest BCUT2D eigenvalue weighted by Crippen LogP contribution is 2.52. The molecule has 1 aliphatic heterocycles. The molecule has 1 saturated heterocycles. The normalized spacial score (nSPS) is 19.1. The number of fused-ring (bicyclic) bond motifs is 2. The quantitative estimate of drug-likeness (QED) is 0.350. The smallest absolute Gasteiger partial charge is 0.211 e. The molecule has 0 radical (unpaired) electrons. The summed E-state index contributed by atoms with van der Waals surface area (Å²) in [7, 11) is 2.10. The van der Waals surface area contributed by atoms with Gasteiger partial charge in [0, 0.05) is 42.6 Å². The van der Waals surface area contributed by atoms with E-state index in [2.05, 4.69) is 50.9 Å². The second kappa shape index (κ2) is 8.76. The number of rotatable bonds is 4. The zero-order valence-electron chi connectivity index (χ0n) is 18.8. The molecule has 1 fully saturated rings. The molecule has 0 saturated carbocycles. The summed E-state index contributed by atoms with van der Waals surface area (Å²) in [5.74, 6) is 0.945. The van der Waals surface area contributed by atoms with Gasteiger partial charge in [-0.3, -0.25) is 4.40 Å². The number of aromatic nitrogens is 3. The number of nitrogens with one attached hydrogen (secondary N) is 1. The predicted molar refractivity (Wildman–Crippen MR) is 139 cm³/mol. The molecule has 8 heteroatoms. The average Bonchev–Trinajstić information content (AvgIpc) is 3.46. The second-order valence-corrected chi connectivity index (χ2v) is 11.0. The molecule has 2 aromatic heterocycles. The maximum Gasteiger partial charge on any atom is 0.211 e. The molecule has 0 bridgehead atoms. The van der Waals surface area contributed by atoms with Crippen LogP contribution in [0.25, 0.3) is 5.65 Å². The van der Waals surface area contributed by atoms with Gasteiger partial charge in [-0.15, -0.1) is 0 Å². The fourth-order valence-electron chi connectivity index (χ4n) is 5.74. The van der Waals surface area contributed by atoms with E-state index in [-0.39, 0.29) is 5.41 Å². The zero-order valence-corrected chi connectivity index (χ0v) is 21.2. The molecular weight excluding hydrogens is 485 g/mol. The number of piperidine rings is 1. The first-order valence-electron chi connectivity index (χ1n) is 11.5. The molecule has 0 amide bonds. The van der Waals surface area contributed by atoms with Crippen molar-refractivity contribution in [3.8, 4) is 0 Å². The van der Waals surface area contributed by atoms with Crippen LogP contribution in [0.2, 0.25) is 10.0 Å². The monoisotopic (exact) mass is 509 g/mol. The summed E-state index contributed by atoms with van der Waals surface area (Å²) in [5, 5.41) is 4.73. The van der Waals surface area contributed by atoms with Crippen LogP contribution in [0.15, 0.2) is 70.8 Å². The van der Waals surface area contributed by atoms with Gasteiger partial charge in [0.1, 0.15) is 0 Å². The SMILES string of the molecule is CN[C@H]1c2ccccc2CC12CCN(c1ncc(Sc3cccc(Cl)c3Cl)c3nccn13)CC2. The third-order valence-electron chi connectivity index (χ3n) is 7.36. The Morgan fingerprint density at radius 3 is 2.68 bits per heavy atom. The van der Waals surface area contributed by atoms with Crippen LogP contribution in [-0.4, -0.2) is 34.5 Å². The van der Waals surface area contributed by atoms with Crippen LogP contribution < -0.4 is 10.2 Å². The van der Waals surface area contributed by atoms with E-state index < -0.39 is 0 Å². The largest absolute Gasteiger partial charge is 0.342 e. The highest BCUT2D eigenvalue weighted by atomic mass is 35.5. The summed E-state index contributed by atoms with van der Waals surface area (Å²) < 4.78 is 2.09. The molecule has 4 aromatic rings. The van der Waals surface area contributed by atoms with Gasteiger partial charge in [0.2, 0.25) is 5.95 Å². The predicted octanol–water partition coefficient (Wildman–Crippen LogP) is 6.29. The maximum absolute atomic E-state index is 6.42. The molecule has 3 heterocycles. The summed E-state index contributed by atoms with van der Waals surface area (Å²) in [6, 6.07) is 15.0. The Bertz CT molecular complexity index is 1360. The lowest BCUT2D eigenvalue weighted by molar-refractivity contribution is 0.166. The summed E-state index contributed by atoms with van der Waals surface area (Å²) in [4.78, 5) is 13.8. The second-order valence-electron chi connectivity index (χ2n) is 9.14. The van der Waals surface area contributed by atoms with Crippen molar-refractivity contribution in [3.05, 3.63) is 82.2 Å². The standard InChI is InChI=1S/C26H25Cl2N5S/c1-29-23-18-6-3-2-5-17(18)15-26(23)9-12-32(13-10-26)25-31-16-21(24-30-11-14-33(24)25)34-20-8-4-7-19(27)22(20)28/h2-8,11,14,16,23,29H,9-10,12-13,15H2,1H3/t23-/m0/s1. The van der Waals surface area contributed by atoms with Crippen molar-refractivity contribution >= 4 is 46.6 Å². The first kappa shape index (κ1) is 22.2. The van der Waals surface area contributed by atoms with Crippen LogP contribution >= 0.6 is 35.0 Å². The number of halogens is 2. The van der Waals surface area contributed by atoms with Crippen LogP contribution in [0, 0.1) is 5.41 Å². The lowest BCUT2D eigenvalue weighted by Gasteiger charge is -2.43. The van der Waals surface area contributed by atoms with Crippen LogP contribution in [0.1, 0.15) is 30.0 Å². The minimum absolute atomic E-state index is 0.266. The first-order chi connectivity index (χ1) is 16.6. The highest BCUT2D eigenvalue weighted by Gasteiger charge is 2.47. The van der Waals surface area contributed by atoms with E-state index in [4.69, 9.17) is 28.2 Å². The van der Waals surface area contributed by atoms with Gasteiger partial charge in [-0.25, -0.2) is 9.97 Å². The van der Waals surface area contributed by atoms with E-state index >= 15 is 0 Å². The summed E-state index contributed by atoms with van der Waals surface area (Å²) in [5.41, 5.74) is 4.11. The van der Waals surface area contributed by atoms with Crippen molar-refractivity contribution in [2.24, 2.45) is 5.41 Å². The molecule has 1 spiro atoms. The molecule has 5 nitrogen and oxygen atoms in total. The van der Waals surface area contributed by atoms with Crippen molar-refractivity contribution in [1.82, 2.24) is 19.7 Å². The van der Waals surface area contributed by atoms with Crippen molar-refractivity contribution in [3.63, 3.8) is 0 Å². The Morgan fingerprint density at radius 2 is 1.85 bits per heavy atom. The summed E-state index contributed by atoms with van der Waals surface area (Å²) in [6.07, 6.45) is 9.13. The summed E-state index contributed by atoms with van der Waals surface area (Å²) in [6.45, 7) is 1.94. The minimum atomic E-state index is 0.266. The van der Waals surface area contributed by atoms with E-state index in [0.29, 0.717) is 16.1 Å². The highest BCUT2D eigenvalue weighted by molar-refractivity contribution is 7.99. The molecule has 1 N–H and O–H groups in total. The van der Waals surface area contributed by atoms with Crippen LogP contribution in [0.4, 0.5) is 5.95 Å². The van der Waals surface area contributed by atoms with Crippen molar-refractivity contribution in [2.45, 2.75) is 35.1 Å². The van der Waals surface area contributed by atoms with Crippen LogP contribution in [0.5, 0.6) is 0 Å². The van der Waals surface area contributed by atoms with Gasteiger partial charge in [-0.1, -0.05) is 65.3 Å². The van der Waals surface area contributed by atoms with E-state index in [1.807, 2.05) is 30.7 Å². The minimum Gasteiger partial charge on any atom is -0.342 e. The molecule has 174 valence electrons. The van der Waals surface area contributed by atoms with Gasteiger partial charge in [-0.2, -0.15) is 0 Å². The van der Waals surface area contributed by atoms with Gasteiger partial charge < -0.3 is 10.2 Å². The summed E-state index contributed by atoms with van der Waals surface area (Å²) >= 11 is 14.2. The Labute approximate surface area is 213 Å². The number of imidazole rings is 1. The average molecular weight is 510 g/mol.